The van der Waals surface area contributed by atoms with Gasteiger partial charge in [0.1, 0.15) is 11.5 Å². The van der Waals surface area contributed by atoms with Crippen LogP contribution in [0.3, 0.4) is 0 Å². The van der Waals surface area contributed by atoms with Crippen LogP contribution in [0.15, 0.2) is 12.1 Å². The van der Waals surface area contributed by atoms with Crippen LogP contribution in [0.25, 0.3) is 0 Å². The third-order valence-corrected chi connectivity index (χ3v) is 4.09. The monoisotopic (exact) mass is 353 g/mol. The Bertz CT molecular complexity index is 687. The number of nitro benzene ring substituents is 1. The zero-order chi connectivity index (χ0) is 18.6. The van der Waals surface area contributed by atoms with Gasteiger partial charge in [-0.05, 0) is 25.8 Å². The topological polar surface area (TPSA) is 116 Å². The van der Waals surface area contributed by atoms with Crippen molar-refractivity contribution >= 4 is 23.3 Å². The molecule has 1 aliphatic rings. The van der Waals surface area contributed by atoms with Crippen molar-refractivity contribution in [3.05, 3.63) is 33.6 Å². The summed E-state index contributed by atoms with van der Waals surface area (Å²) in [5.74, 6) is -2.41. The van der Waals surface area contributed by atoms with Crippen LogP contribution in [0.2, 0.25) is 0 Å². The molecule has 2 N–H and O–H groups in total. The van der Waals surface area contributed by atoms with E-state index >= 15 is 0 Å². The molecule has 0 unspecified atom stereocenters. The van der Waals surface area contributed by atoms with Crippen molar-refractivity contribution < 1.29 is 23.6 Å². The summed E-state index contributed by atoms with van der Waals surface area (Å²) in [6, 6.07) is 1.38. The quantitative estimate of drug-likeness (QED) is 0.384. The Kier molecular flexibility index (Phi) is 5.89. The maximum atomic E-state index is 13.5. The normalized spacial score (nSPS) is 16.0. The molecule has 9 heteroatoms. The molecule has 0 spiro atoms. The van der Waals surface area contributed by atoms with Gasteiger partial charge in [-0.3, -0.25) is 14.9 Å². The molecular weight excluding hydrogens is 333 g/mol. The zero-order valence-electron chi connectivity index (χ0n) is 13.9. The fourth-order valence-corrected chi connectivity index (χ4v) is 2.75. The maximum Gasteiger partial charge on any atom is 0.341 e. The van der Waals surface area contributed by atoms with Gasteiger partial charge in [0.15, 0.2) is 6.10 Å². The van der Waals surface area contributed by atoms with E-state index < -0.39 is 39.8 Å². The summed E-state index contributed by atoms with van der Waals surface area (Å²) < 4.78 is 18.6. The highest BCUT2D eigenvalue weighted by molar-refractivity contribution is 5.98. The van der Waals surface area contributed by atoms with Gasteiger partial charge in [-0.25, -0.2) is 9.18 Å². The van der Waals surface area contributed by atoms with Crippen molar-refractivity contribution in [3.8, 4) is 0 Å². The molecule has 1 atom stereocenters. The van der Waals surface area contributed by atoms with Crippen LogP contribution < -0.4 is 5.73 Å². The minimum Gasteiger partial charge on any atom is -0.449 e. The Morgan fingerprint density at radius 3 is 2.44 bits per heavy atom. The van der Waals surface area contributed by atoms with Gasteiger partial charge in [0, 0.05) is 13.1 Å². The first-order chi connectivity index (χ1) is 11.8. The number of nitrogens with two attached hydrogens (primary N) is 1. The van der Waals surface area contributed by atoms with Crippen molar-refractivity contribution in [1.82, 2.24) is 4.90 Å². The summed E-state index contributed by atoms with van der Waals surface area (Å²) in [5, 5.41) is 10.9. The van der Waals surface area contributed by atoms with Gasteiger partial charge in [-0.1, -0.05) is 12.8 Å². The highest BCUT2D eigenvalue weighted by atomic mass is 19.1. The van der Waals surface area contributed by atoms with Crippen molar-refractivity contribution in [2.45, 2.75) is 38.7 Å². The molecule has 2 rings (SSSR count). The number of carbonyl (C=O) groups excluding carboxylic acids is 2. The standard InChI is InChI=1S/C16H20FN3O5/c1-10(15(21)19-6-4-2-3-5-7-19)25-16(22)12-8-11(17)9-13(14(12)18)20(23)24/h8-10H,2-7,18H2,1H3/t10-/m1/s1. The number of amides is 1. The number of hydrogen-bond donors (Lipinski definition) is 1. The Labute approximate surface area is 143 Å². The lowest BCUT2D eigenvalue weighted by atomic mass is 10.1. The summed E-state index contributed by atoms with van der Waals surface area (Å²) in [4.78, 5) is 36.2. The van der Waals surface area contributed by atoms with Crippen molar-refractivity contribution in [1.29, 1.82) is 0 Å². The average molecular weight is 353 g/mol. The van der Waals surface area contributed by atoms with E-state index in [-0.39, 0.29) is 5.91 Å². The predicted octanol–water partition coefficient (Wildman–Crippen LogP) is 2.26. The van der Waals surface area contributed by atoms with Gasteiger partial charge in [-0.2, -0.15) is 0 Å². The van der Waals surface area contributed by atoms with Crippen LogP contribution in [0, 0.1) is 15.9 Å². The van der Waals surface area contributed by atoms with Crippen LogP contribution in [0.1, 0.15) is 43.0 Å². The number of rotatable bonds is 4. The van der Waals surface area contributed by atoms with E-state index in [1.807, 2.05) is 0 Å². The van der Waals surface area contributed by atoms with Gasteiger partial charge in [0.25, 0.3) is 11.6 Å². The summed E-state index contributed by atoms with van der Waals surface area (Å²) >= 11 is 0. The molecule has 1 aromatic carbocycles. The highest BCUT2D eigenvalue weighted by Crippen LogP contribution is 2.27. The molecule has 0 bridgehead atoms. The third-order valence-electron chi connectivity index (χ3n) is 4.09. The molecule has 0 aromatic heterocycles. The number of nitrogens with zero attached hydrogens (tertiary/aromatic N) is 2. The van der Waals surface area contributed by atoms with Gasteiger partial charge in [-0.15, -0.1) is 0 Å². The number of likely N-dealkylation sites (tertiary alicyclic amines) is 1. The summed E-state index contributed by atoms with van der Waals surface area (Å²) in [6.07, 6.45) is 2.76. The summed E-state index contributed by atoms with van der Waals surface area (Å²) in [6.45, 7) is 2.59. The molecule has 136 valence electrons. The number of anilines is 1. The molecule has 1 fully saturated rings. The fraction of sp³-hybridized carbons (Fsp3) is 0.500. The number of esters is 1. The second-order valence-electron chi connectivity index (χ2n) is 5.93. The van der Waals surface area contributed by atoms with Crippen LogP contribution in [0.5, 0.6) is 0 Å². The van der Waals surface area contributed by atoms with Gasteiger partial charge >= 0.3 is 5.97 Å². The highest BCUT2D eigenvalue weighted by Gasteiger charge is 2.28. The first-order valence-corrected chi connectivity index (χ1v) is 8.04. The molecule has 0 radical (unpaired) electrons. The Balaban J connectivity index is 2.13. The largest absolute Gasteiger partial charge is 0.449 e. The van der Waals surface area contributed by atoms with E-state index in [1.54, 1.807) is 4.90 Å². The maximum absolute atomic E-state index is 13.5. The fourth-order valence-electron chi connectivity index (χ4n) is 2.75. The molecule has 1 aromatic rings. The molecule has 0 aliphatic carbocycles. The van der Waals surface area contributed by atoms with E-state index in [0.29, 0.717) is 19.2 Å². The molecule has 0 saturated carbocycles. The minimum absolute atomic E-state index is 0.347. The molecule has 1 aliphatic heterocycles. The van der Waals surface area contributed by atoms with Gasteiger partial charge in [0.05, 0.1) is 16.6 Å². The molecule has 1 heterocycles. The number of hydrogen-bond acceptors (Lipinski definition) is 6. The number of benzene rings is 1. The van der Waals surface area contributed by atoms with Crippen LogP contribution in [0.4, 0.5) is 15.8 Å². The zero-order valence-corrected chi connectivity index (χ0v) is 13.9. The number of ether oxygens (including phenoxy) is 1. The molecule has 25 heavy (non-hydrogen) atoms. The molecular formula is C16H20FN3O5. The lowest BCUT2D eigenvalue weighted by Gasteiger charge is -2.24. The molecule has 8 nitrogen and oxygen atoms in total. The van der Waals surface area contributed by atoms with Crippen molar-refractivity contribution in [2.24, 2.45) is 0 Å². The lowest BCUT2D eigenvalue weighted by Crippen LogP contribution is -2.40. The second-order valence-corrected chi connectivity index (χ2v) is 5.93. The molecule has 1 amide bonds. The van der Waals surface area contributed by atoms with E-state index in [4.69, 9.17) is 10.5 Å². The predicted molar refractivity (Wildman–Crippen MR) is 87.4 cm³/mol. The van der Waals surface area contributed by atoms with E-state index in [2.05, 4.69) is 0 Å². The van der Waals surface area contributed by atoms with Crippen LogP contribution in [-0.2, 0) is 9.53 Å². The third kappa shape index (κ3) is 4.43. The Morgan fingerprint density at radius 1 is 1.28 bits per heavy atom. The van der Waals surface area contributed by atoms with Crippen molar-refractivity contribution in [2.75, 3.05) is 18.8 Å². The van der Waals surface area contributed by atoms with Crippen LogP contribution >= 0.6 is 0 Å². The minimum atomic E-state index is -1.09. The van der Waals surface area contributed by atoms with E-state index in [1.165, 1.54) is 6.92 Å². The first-order valence-electron chi connectivity index (χ1n) is 8.04. The smallest absolute Gasteiger partial charge is 0.341 e. The average Bonchev–Trinajstić information content (AvgIpc) is 2.84. The summed E-state index contributed by atoms with van der Waals surface area (Å²) in [7, 11) is 0. The first kappa shape index (κ1) is 18.6. The van der Waals surface area contributed by atoms with Gasteiger partial charge < -0.3 is 15.4 Å². The number of nitro groups is 1. The Morgan fingerprint density at radius 2 is 1.88 bits per heavy atom. The van der Waals surface area contributed by atoms with E-state index in [9.17, 15) is 24.1 Å². The van der Waals surface area contributed by atoms with Crippen LogP contribution in [-0.4, -0.2) is 40.9 Å². The number of carbonyl (C=O) groups is 2. The summed E-state index contributed by atoms with van der Waals surface area (Å²) in [5.41, 5.74) is 3.88. The van der Waals surface area contributed by atoms with E-state index in [0.717, 1.165) is 31.7 Å². The second kappa shape index (κ2) is 7.91. The number of nitrogen functional groups attached to an aromatic ring is 1. The van der Waals surface area contributed by atoms with Crippen molar-refractivity contribution in [3.63, 3.8) is 0 Å². The number of halogens is 1. The van der Waals surface area contributed by atoms with Gasteiger partial charge in [0.2, 0.25) is 0 Å². The molecule has 1 saturated heterocycles. The lowest BCUT2D eigenvalue weighted by molar-refractivity contribution is -0.384. The Hall–Kier alpha value is -2.71. The SMILES string of the molecule is C[C@@H](OC(=O)c1cc(F)cc([N+](=O)[O-])c1N)C(=O)N1CCCCCC1.